The van der Waals surface area contributed by atoms with Crippen LogP contribution in [-0.2, 0) is 19.1 Å². The number of rotatable bonds is 8. The highest BCUT2D eigenvalue weighted by atomic mass is 32.2. The summed E-state index contributed by atoms with van der Waals surface area (Å²) in [6, 6.07) is 9.68. The zero-order valence-corrected chi connectivity index (χ0v) is 20.0. The van der Waals surface area contributed by atoms with E-state index in [1.165, 1.54) is 31.0 Å². The summed E-state index contributed by atoms with van der Waals surface area (Å²) in [4.78, 5) is 32.7. The largest absolute Gasteiger partial charge is 0.460 e. The normalized spacial score (nSPS) is 20.8. The molecule has 3 aliphatic rings. The molecule has 1 saturated carbocycles. The molecule has 176 valence electrons. The first-order valence-corrected chi connectivity index (χ1v) is 12.4. The summed E-state index contributed by atoms with van der Waals surface area (Å²) in [5.41, 5.74) is 2.91. The number of carbonyl (C=O) groups is 2. The zero-order valence-electron chi connectivity index (χ0n) is 19.2. The van der Waals surface area contributed by atoms with Crippen LogP contribution in [0.2, 0.25) is 0 Å². The lowest BCUT2D eigenvalue weighted by molar-refractivity contribution is -0.141. The first kappa shape index (κ1) is 23.6. The van der Waals surface area contributed by atoms with Crippen LogP contribution in [-0.4, -0.2) is 48.3 Å². The minimum Gasteiger partial charge on any atom is -0.460 e. The van der Waals surface area contributed by atoms with E-state index in [2.05, 4.69) is 5.32 Å². The third-order valence-electron chi connectivity index (χ3n) is 6.17. The summed E-state index contributed by atoms with van der Waals surface area (Å²) < 4.78 is 10.5. The van der Waals surface area contributed by atoms with E-state index in [1.54, 1.807) is 7.11 Å². The molecule has 0 spiro atoms. The smallest absolute Gasteiger partial charge is 0.338 e. The Morgan fingerprint density at radius 2 is 1.91 bits per heavy atom. The van der Waals surface area contributed by atoms with Crippen LogP contribution in [0.1, 0.15) is 57.1 Å². The van der Waals surface area contributed by atoms with Crippen molar-refractivity contribution in [3.05, 3.63) is 58.3 Å². The minimum atomic E-state index is -0.413. The zero-order chi connectivity index (χ0) is 23.2. The van der Waals surface area contributed by atoms with Crippen molar-refractivity contribution in [2.24, 2.45) is 4.99 Å². The molecule has 4 rings (SSSR count). The SMILES string of the molecule is COCCOC(=O)C1=C(C)N=C2SC=C(CC(=O)NC3CCCCC3)N2C1c1ccccc1. The van der Waals surface area contributed by atoms with Crippen LogP contribution < -0.4 is 5.32 Å². The van der Waals surface area contributed by atoms with Crippen LogP contribution in [0, 0.1) is 0 Å². The molecule has 7 nitrogen and oxygen atoms in total. The molecule has 1 N–H and O–H groups in total. The summed E-state index contributed by atoms with van der Waals surface area (Å²) in [6.07, 6.45) is 5.92. The summed E-state index contributed by atoms with van der Waals surface area (Å²) >= 11 is 1.49. The second-order valence-corrected chi connectivity index (χ2v) is 9.35. The van der Waals surface area contributed by atoms with Crippen molar-refractivity contribution >= 4 is 28.8 Å². The number of amidine groups is 1. The Labute approximate surface area is 199 Å². The summed E-state index contributed by atoms with van der Waals surface area (Å²) in [5, 5.41) is 5.95. The summed E-state index contributed by atoms with van der Waals surface area (Å²) in [7, 11) is 1.57. The number of fused-ring (bicyclic) bond motifs is 1. The van der Waals surface area contributed by atoms with E-state index in [0.29, 0.717) is 17.9 Å². The lowest BCUT2D eigenvalue weighted by Crippen LogP contribution is -2.40. The Morgan fingerprint density at radius 1 is 1.15 bits per heavy atom. The van der Waals surface area contributed by atoms with Gasteiger partial charge < -0.3 is 19.7 Å². The Bertz CT molecular complexity index is 967. The molecule has 0 bridgehead atoms. The second kappa shape index (κ2) is 11.0. The lowest BCUT2D eigenvalue weighted by Gasteiger charge is -2.36. The Balaban J connectivity index is 1.58. The van der Waals surface area contributed by atoms with E-state index in [1.807, 2.05) is 47.6 Å². The van der Waals surface area contributed by atoms with Crippen molar-refractivity contribution in [2.45, 2.75) is 57.5 Å². The van der Waals surface area contributed by atoms with Gasteiger partial charge in [0, 0.05) is 18.8 Å². The molecule has 8 heteroatoms. The molecule has 1 aliphatic carbocycles. The highest BCUT2D eigenvalue weighted by Gasteiger charge is 2.41. The number of methoxy groups -OCH3 is 1. The monoisotopic (exact) mass is 469 g/mol. The number of thioether (sulfide) groups is 1. The van der Waals surface area contributed by atoms with E-state index in [9.17, 15) is 9.59 Å². The number of hydrogen-bond acceptors (Lipinski definition) is 7. The molecule has 1 atom stereocenters. The van der Waals surface area contributed by atoms with Crippen molar-refractivity contribution in [1.82, 2.24) is 10.2 Å². The third-order valence-corrected chi connectivity index (χ3v) is 7.06. The van der Waals surface area contributed by atoms with Gasteiger partial charge in [-0.1, -0.05) is 61.4 Å². The number of hydrogen-bond donors (Lipinski definition) is 1. The van der Waals surface area contributed by atoms with Crippen molar-refractivity contribution in [1.29, 1.82) is 0 Å². The standard InChI is InChI=1S/C25H31N3O4S/c1-17-22(24(30)32-14-13-31-2)23(18-9-5-3-6-10-18)28-20(16-33-25(28)26-17)15-21(29)27-19-11-7-4-8-12-19/h3,5-6,9-10,16,19,23H,4,7-8,11-15H2,1-2H3,(H,27,29). The quantitative estimate of drug-likeness (QED) is 0.452. The van der Waals surface area contributed by atoms with Crippen molar-refractivity contribution in [2.75, 3.05) is 20.3 Å². The van der Waals surface area contributed by atoms with Gasteiger partial charge in [0.25, 0.3) is 0 Å². The van der Waals surface area contributed by atoms with Crippen LogP contribution in [0.4, 0.5) is 0 Å². The predicted octanol–water partition coefficient (Wildman–Crippen LogP) is 4.29. The molecule has 0 radical (unpaired) electrons. The molecular formula is C25H31N3O4S. The average molecular weight is 470 g/mol. The molecule has 2 aliphatic heterocycles. The highest BCUT2D eigenvalue weighted by molar-refractivity contribution is 8.16. The van der Waals surface area contributed by atoms with Gasteiger partial charge in [0.1, 0.15) is 6.61 Å². The summed E-state index contributed by atoms with van der Waals surface area (Å²) in [6.45, 7) is 2.33. The van der Waals surface area contributed by atoms with Gasteiger partial charge in [-0.25, -0.2) is 9.79 Å². The summed E-state index contributed by atoms with van der Waals surface area (Å²) in [5.74, 6) is -0.401. The average Bonchev–Trinajstić information content (AvgIpc) is 3.21. The molecule has 1 fully saturated rings. The number of benzene rings is 1. The van der Waals surface area contributed by atoms with E-state index in [4.69, 9.17) is 14.5 Å². The fourth-order valence-corrected chi connectivity index (χ4v) is 5.53. The van der Waals surface area contributed by atoms with Crippen LogP contribution in [0.5, 0.6) is 0 Å². The van der Waals surface area contributed by atoms with Crippen LogP contribution in [0.15, 0.2) is 57.7 Å². The molecule has 1 unspecified atom stereocenters. The third kappa shape index (κ3) is 5.50. The first-order chi connectivity index (χ1) is 16.1. The highest BCUT2D eigenvalue weighted by Crippen LogP contribution is 2.44. The number of amides is 1. The molecule has 1 aromatic rings. The molecule has 33 heavy (non-hydrogen) atoms. The van der Waals surface area contributed by atoms with Gasteiger partial charge in [0.15, 0.2) is 5.17 Å². The maximum Gasteiger partial charge on any atom is 0.338 e. The Kier molecular flexibility index (Phi) is 7.88. The Hall–Kier alpha value is -2.58. The number of allylic oxidation sites excluding steroid dienone is 1. The van der Waals surface area contributed by atoms with Gasteiger partial charge in [-0.15, -0.1) is 0 Å². The van der Waals surface area contributed by atoms with E-state index >= 15 is 0 Å². The van der Waals surface area contributed by atoms with Gasteiger partial charge >= 0.3 is 5.97 Å². The molecule has 1 aromatic carbocycles. The first-order valence-electron chi connectivity index (χ1n) is 11.5. The van der Waals surface area contributed by atoms with Crippen molar-refractivity contribution in [3.8, 4) is 0 Å². The van der Waals surface area contributed by atoms with Crippen LogP contribution >= 0.6 is 11.8 Å². The van der Waals surface area contributed by atoms with Crippen LogP contribution in [0.3, 0.4) is 0 Å². The number of ether oxygens (including phenoxy) is 2. The fraction of sp³-hybridized carbons (Fsp3) is 0.480. The van der Waals surface area contributed by atoms with Crippen molar-refractivity contribution < 1.29 is 19.1 Å². The number of nitrogens with one attached hydrogen (secondary N) is 1. The maximum absolute atomic E-state index is 13.1. The molecule has 0 saturated heterocycles. The number of carbonyl (C=O) groups excluding carboxylic acids is 2. The lowest BCUT2D eigenvalue weighted by atomic mass is 9.93. The van der Waals surface area contributed by atoms with Crippen LogP contribution in [0.25, 0.3) is 0 Å². The molecule has 1 amide bonds. The molecule has 0 aromatic heterocycles. The maximum atomic E-state index is 13.1. The molecular weight excluding hydrogens is 438 g/mol. The van der Waals surface area contributed by atoms with Gasteiger partial charge in [0.2, 0.25) is 5.91 Å². The van der Waals surface area contributed by atoms with E-state index in [-0.39, 0.29) is 25.0 Å². The van der Waals surface area contributed by atoms with Gasteiger partial charge in [-0.2, -0.15) is 0 Å². The van der Waals surface area contributed by atoms with E-state index < -0.39 is 12.0 Å². The van der Waals surface area contributed by atoms with Gasteiger partial charge in [-0.3, -0.25) is 4.79 Å². The minimum absolute atomic E-state index is 0.0114. The molecule has 2 heterocycles. The van der Waals surface area contributed by atoms with Crippen molar-refractivity contribution in [3.63, 3.8) is 0 Å². The number of aliphatic imine (C=N–C) groups is 1. The van der Waals surface area contributed by atoms with Gasteiger partial charge in [0.05, 0.1) is 30.3 Å². The Morgan fingerprint density at radius 3 is 2.64 bits per heavy atom. The number of esters is 1. The predicted molar refractivity (Wildman–Crippen MR) is 129 cm³/mol. The number of nitrogens with zero attached hydrogens (tertiary/aromatic N) is 2. The van der Waals surface area contributed by atoms with Gasteiger partial charge in [-0.05, 0) is 30.7 Å². The topological polar surface area (TPSA) is 80.2 Å². The fourth-order valence-electron chi connectivity index (χ4n) is 4.57. The second-order valence-electron chi connectivity index (χ2n) is 8.51. The van der Waals surface area contributed by atoms with E-state index in [0.717, 1.165) is 29.3 Å².